The lowest BCUT2D eigenvalue weighted by Crippen LogP contribution is -2.42. The zero-order chi connectivity index (χ0) is 7.28. The topological polar surface area (TPSA) is 50.1 Å². The fraction of sp³-hybridized carbons (Fsp3) is 0.333. The van der Waals surface area contributed by atoms with Gasteiger partial charge in [-0.25, -0.2) is 0 Å². The average molecular weight is 161 g/mol. The van der Waals surface area contributed by atoms with Crippen LogP contribution in [0.15, 0.2) is 0 Å². The van der Waals surface area contributed by atoms with Crippen molar-refractivity contribution < 1.29 is 0 Å². The van der Waals surface area contributed by atoms with Gasteiger partial charge in [-0.3, -0.25) is 0 Å². The number of nitrogens with one attached hydrogen (secondary N) is 2. The van der Waals surface area contributed by atoms with Crippen LogP contribution in [-0.4, -0.2) is 24.5 Å². The molecule has 0 aromatic rings. The summed E-state index contributed by atoms with van der Waals surface area (Å²) in [4.78, 5) is 0. The lowest BCUT2D eigenvalue weighted by molar-refractivity contribution is 1.09. The van der Waals surface area contributed by atoms with Crippen LogP contribution in [0.25, 0.3) is 0 Å². The molecule has 0 unspecified atom stereocenters. The summed E-state index contributed by atoms with van der Waals surface area (Å²) in [6.45, 7) is 0. The van der Waals surface area contributed by atoms with E-state index >= 15 is 0 Å². The third kappa shape index (κ3) is 5.52. The fourth-order valence-electron chi connectivity index (χ4n) is 0.317. The van der Waals surface area contributed by atoms with Crippen molar-refractivity contribution in [3.05, 3.63) is 0 Å². The second-order valence-corrected chi connectivity index (χ2v) is 2.20. The van der Waals surface area contributed by atoms with E-state index in [4.69, 9.17) is 18.0 Å². The first-order chi connectivity index (χ1) is 4.16. The van der Waals surface area contributed by atoms with Gasteiger partial charge in [0.25, 0.3) is 0 Å². The van der Waals surface area contributed by atoms with Gasteiger partial charge in [0.1, 0.15) is 7.85 Å². The molecule has 0 aliphatic carbocycles. The Balaban J connectivity index is 3.39. The molecule has 3 nitrogen and oxygen atoms in total. The van der Waals surface area contributed by atoms with E-state index in [1.165, 1.54) is 0 Å². The molecule has 0 amide bonds. The lowest BCUT2D eigenvalue weighted by atomic mass is 10.2. The monoisotopic (exact) mass is 161 g/mol. The highest BCUT2D eigenvalue weighted by atomic mass is 32.1. The quantitative estimate of drug-likeness (QED) is 0.315. The summed E-state index contributed by atoms with van der Waals surface area (Å²) in [5, 5.41) is 6.08. The Morgan fingerprint density at radius 1 is 1.56 bits per heavy atom. The summed E-state index contributed by atoms with van der Waals surface area (Å²) >= 11 is 9.26. The molecule has 0 aliphatic rings. The minimum atomic E-state index is 0.195. The maximum Gasteiger partial charge on any atom is 0.171 e. The number of hydrogen-bond donors (Lipinski definition) is 3. The maximum atomic E-state index is 5.12. The van der Waals surface area contributed by atoms with Crippen LogP contribution < -0.4 is 16.4 Å². The van der Waals surface area contributed by atoms with Gasteiger partial charge >= 0.3 is 0 Å². The lowest BCUT2D eigenvalue weighted by Gasteiger charge is -2.04. The Bertz CT molecular complexity index is 126. The standard InChI is InChI=1S/C3H8BN3S2/c4-1-6-3(9)7-2(5)8/h1,4H2,(H4,5,6,7,8,9). The second kappa shape index (κ2) is 4.52. The molecule has 0 radical (unpaired) electrons. The van der Waals surface area contributed by atoms with Gasteiger partial charge in [-0.05, 0) is 30.9 Å². The number of nitrogens with two attached hydrogens (primary N) is 1. The SMILES string of the molecule is BCNC(=S)NC(N)=S. The molecule has 6 heteroatoms. The van der Waals surface area contributed by atoms with Crippen molar-refractivity contribution in [2.45, 2.75) is 0 Å². The van der Waals surface area contributed by atoms with E-state index in [2.05, 4.69) is 22.9 Å². The number of thiocarbonyl (C=S) groups is 2. The Morgan fingerprint density at radius 3 is 2.44 bits per heavy atom. The van der Waals surface area contributed by atoms with Gasteiger partial charge < -0.3 is 16.4 Å². The molecule has 0 aliphatic heterocycles. The normalized spacial score (nSPS) is 8.00. The minimum Gasteiger partial charge on any atom is -0.376 e. The van der Waals surface area contributed by atoms with Gasteiger partial charge in [-0.2, -0.15) is 0 Å². The molecule has 0 aromatic carbocycles. The Kier molecular flexibility index (Phi) is 4.34. The highest BCUT2D eigenvalue weighted by Gasteiger charge is 1.90. The van der Waals surface area contributed by atoms with Crippen molar-refractivity contribution in [1.29, 1.82) is 0 Å². The van der Waals surface area contributed by atoms with Gasteiger partial charge in [-0.1, -0.05) is 0 Å². The van der Waals surface area contributed by atoms with Crippen molar-refractivity contribution in [3.8, 4) is 0 Å². The first-order valence-electron chi connectivity index (χ1n) is 2.51. The molecule has 0 heterocycles. The van der Waals surface area contributed by atoms with Gasteiger partial charge in [0, 0.05) is 0 Å². The third-order valence-corrected chi connectivity index (χ3v) is 0.923. The summed E-state index contributed by atoms with van der Waals surface area (Å²) < 4.78 is 0. The van der Waals surface area contributed by atoms with Crippen molar-refractivity contribution in [2.24, 2.45) is 5.73 Å². The van der Waals surface area contributed by atoms with Crippen molar-refractivity contribution >= 4 is 42.5 Å². The van der Waals surface area contributed by atoms with E-state index in [0.717, 1.165) is 6.44 Å². The van der Waals surface area contributed by atoms with E-state index in [0.29, 0.717) is 5.11 Å². The van der Waals surface area contributed by atoms with Crippen LogP contribution >= 0.6 is 24.4 Å². The van der Waals surface area contributed by atoms with Crippen molar-refractivity contribution in [1.82, 2.24) is 10.6 Å². The predicted octanol–water partition coefficient (Wildman–Crippen LogP) is -1.72. The molecule has 0 fully saturated rings. The van der Waals surface area contributed by atoms with Crippen molar-refractivity contribution in [2.75, 3.05) is 6.44 Å². The predicted molar refractivity (Wildman–Crippen MR) is 49.1 cm³/mol. The number of rotatable bonds is 1. The second-order valence-electron chi connectivity index (χ2n) is 1.35. The van der Waals surface area contributed by atoms with E-state index in [1.807, 2.05) is 7.85 Å². The molecule has 4 N–H and O–H groups in total. The molecular formula is C3H8BN3S2. The van der Waals surface area contributed by atoms with E-state index in [-0.39, 0.29) is 5.11 Å². The van der Waals surface area contributed by atoms with Crippen LogP contribution in [0.2, 0.25) is 0 Å². The Hall–Kier alpha value is -0.355. The van der Waals surface area contributed by atoms with Crippen LogP contribution in [0.5, 0.6) is 0 Å². The van der Waals surface area contributed by atoms with E-state index < -0.39 is 0 Å². The highest BCUT2D eigenvalue weighted by Crippen LogP contribution is 1.63. The minimum absolute atomic E-state index is 0.195. The van der Waals surface area contributed by atoms with Gasteiger partial charge in [-0.15, -0.1) is 0 Å². The zero-order valence-electron chi connectivity index (χ0n) is 5.10. The molecule has 0 saturated carbocycles. The van der Waals surface area contributed by atoms with Crippen LogP contribution in [0.3, 0.4) is 0 Å². The fourth-order valence-corrected chi connectivity index (χ4v) is 0.738. The molecule has 0 spiro atoms. The summed E-state index contributed by atoms with van der Waals surface area (Å²) in [5.41, 5.74) is 5.12. The maximum absolute atomic E-state index is 5.12. The summed E-state index contributed by atoms with van der Waals surface area (Å²) in [6.07, 6.45) is 0.772. The molecule has 0 aromatic heterocycles. The molecule has 9 heavy (non-hydrogen) atoms. The molecule has 50 valence electrons. The van der Waals surface area contributed by atoms with E-state index in [9.17, 15) is 0 Å². The first-order valence-corrected chi connectivity index (χ1v) is 3.32. The molecular weight excluding hydrogens is 153 g/mol. The van der Waals surface area contributed by atoms with Crippen molar-refractivity contribution in [3.63, 3.8) is 0 Å². The summed E-state index contributed by atoms with van der Waals surface area (Å²) in [6, 6.07) is 0. The molecule has 0 bridgehead atoms. The van der Waals surface area contributed by atoms with Crippen LogP contribution in [0, 0.1) is 0 Å². The van der Waals surface area contributed by atoms with Gasteiger partial charge in [0.05, 0.1) is 0 Å². The zero-order valence-corrected chi connectivity index (χ0v) is 6.73. The van der Waals surface area contributed by atoms with Crippen LogP contribution in [0.1, 0.15) is 0 Å². The average Bonchev–Trinajstić information content (AvgIpc) is 1.63. The Morgan fingerprint density at radius 2 is 2.11 bits per heavy atom. The summed E-state index contributed by atoms with van der Waals surface area (Å²) in [7, 11) is 1.94. The largest absolute Gasteiger partial charge is 0.376 e. The highest BCUT2D eigenvalue weighted by molar-refractivity contribution is 7.81. The number of hydrogen-bond acceptors (Lipinski definition) is 2. The molecule has 0 saturated heterocycles. The molecule has 0 rings (SSSR count). The van der Waals surface area contributed by atoms with E-state index in [1.54, 1.807) is 0 Å². The van der Waals surface area contributed by atoms with Crippen LogP contribution in [-0.2, 0) is 0 Å². The smallest absolute Gasteiger partial charge is 0.171 e. The summed E-state index contributed by atoms with van der Waals surface area (Å²) in [5.74, 6) is 0. The molecule has 0 atom stereocenters. The third-order valence-electron chi connectivity index (χ3n) is 0.574. The Labute approximate surface area is 65.8 Å². The van der Waals surface area contributed by atoms with Gasteiger partial charge in [0.2, 0.25) is 0 Å². The van der Waals surface area contributed by atoms with Gasteiger partial charge in [0.15, 0.2) is 10.2 Å². The van der Waals surface area contributed by atoms with Crippen LogP contribution in [0.4, 0.5) is 0 Å². The first kappa shape index (κ1) is 8.64.